The van der Waals surface area contributed by atoms with E-state index in [1.165, 1.54) is 21.2 Å². The molecule has 0 amide bonds. The number of hydrogen-bond acceptors (Lipinski definition) is 1. The van der Waals surface area contributed by atoms with Crippen LogP contribution >= 0.6 is 15.9 Å². The highest BCUT2D eigenvalue weighted by molar-refractivity contribution is 9.10. The third kappa shape index (κ3) is 1.56. The lowest BCUT2D eigenvalue weighted by Crippen LogP contribution is -1.94. The minimum atomic E-state index is 0.640. The van der Waals surface area contributed by atoms with Crippen molar-refractivity contribution in [3.8, 4) is 0 Å². The molecule has 0 radical (unpaired) electrons. The van der Waals surface area contributed by atoms with Gasteiger partial charge < -0.3 is 5.73 Å². The van der Waals surface area contributed by atoms with Gasteiger partial charge in [-0.05, 0) is 35.6 Å². The molecule has 0 unspecified atom stereocenters. The van der Waals surface area contributed by atoms with Crippen LogP contribution in [0.5, 0.6) is 0 Å². The van der Waals surface area contributed by atoms with Gasteiger partial charge in [-0.1, -0.05) is 34.1 Å². The Kier molecular flexibility index (Phi) is 2.51. The van der Waals surface area contributed by atoms with E-state index in [9.17, 15) is 0 Å². The second-order valence-corrected chi connectivity index (χ2v) is 4.09. The predicted molar refractivity (Wildman–Crippen MR) is 59.5 cm³/mol. The fraction of sp³-hybridized carbons (Fsp3) is 0.273. The minimum Gasteiger partial charge on any atom is -0.327 e. The lowest BCUT2D eigenvalue weighted by atomic mass is 10.1. The van der Waals surface area contributed by atoms with Crippen LogP contribution in [0.2, 0.25) is 0 Å². The maximum absolute atomic E-state index is 5.52. The second-order valence-electron chi connectivity index (χ2n) is 3.23. The molecule has 1 aromatic rings. The molecule has 13 heavy (non-hydrogen) atoms. The van der Waals surface area contributed by atoms with E-state index in [0.29, 0.717) is 6.54 Å². The van der Waals surface area contributed by atoms with Gasteiger partial charge in [0.25, 0.3) is 0 Å². The van der Waals surface area contributed by atoms with Crippen molar-refractivity contribution in [2.45, 2.75) is 12.8 Å². The Morgan fingerprint density at radius 1 is 1.38 bits per heavy atom. The van der Waals surface area contributed by atoms with Crippen LogP contribution in [0, 0.1) is 0 Å². The molecule has 2 N–H and O–H groups in total. The molecule has 0 aromatic heterocycles. The molecule has 68 valence electrons. The largest absolute Gasteiger partial charge is 0.327 e. The normalized spacial score (nSPS) is 17.8. The summed E-state index contributed by atoms with van der Waals surface area (Å²) in [6, 6.07) is 6.36. The molecule has 2 rings (SSSR count). The lowest BCUT2D eigenvalue weighted by Gasteiger charge is -2.01. The molecule has 0 aliphatic heterocycles. The van der Waals surface area contributed by atoms with Gasteiger partial charge in [-0.25, -0.2) is 0 Å². The Hall–Kier alpha value is -0.600. The number of benzene rings is 1. The topological polar surface area (TPSA) is 26.0 Å². The van der Waals surface area contributed by atoms with Gasteiger partial charge in [-0.15, -0.1) is 0 Å². The van der Waals surface area contributed by atoms with Gasteiger partial charge in [0.2, 0.25) is 0 Å². The number of hydrogen-bond donors (Lipinski definition) is 1. The van der Waals surface area contributed by atoms with E-state index in [0.717, 1.165) is 12.8 Å². The molecule has 1 aromatic carbocycles. The van der Waals surface area contributed by atoms with Crippen LogP contribution in [0.25, 0.3) is 5.57 Å². The summed E-state index contributed by atoms with van der Waals surface area (Å²) in [5, 5.41) is 0. The Morgan fingerprint density at radius 2 is 2.23 bits per heavy atom. The monoisotopic (exact) mass is 237 g/mol. The number of allylic oxidation sites excluding steroid dienone is 1. The zero-order valence-corrected chi connectivity index (χ0v) is 8.97. The van der Waals surface area contributed by atoms with Crippen LogP contribution in [0.3, 0.4) is 0 Å². The summed E-state index contributed by atoms with van der Waals surface area (Å²) in [5.41, 5.74) is 9.72. The Labute approximate surface area is 86.8 Å². The van der Waals surface area contributed by atoms with Gasteiger partial charge in [-0.3, -0.25) is 0 Å². The van der Waals surface area contributed by atoms with Crippen molar-refractivity contribution in [3.05, 3.63) is 39.9 Å². The summed E-state index contributed by atoms with van der Waals surface area (Å²) in [6.07, 6.45) is 4.40. The molecule has 1 aliphatic carbocycles. The van der Waals surface area contributed by atoms with E-state index in [2.05, 4.69) is 40.2 Å². The highest BCUT2D eigenvalue weighted by Gasteiger charge is 2.17. The molecule has 0 atom stereocenters. The molecule has 2 heteroatoms. The van der Waals surface area contributed by atoms with Gasteiger partial charge >= 0.3 is 0 Å². The van der Waals surface area contributed by atoms with E-state index >= 15 is 0 Å². The van der Waals surface area contributed by atoms with Gasteiger partial charge in [0.15, 0.2) is 0 Å². The smallest absolute Gasteiger partial charge is 0.0213 e. The average Bonchev–Trinajstić information content (AvgIpc) is 2.51. The average molecular weight is 238 g/mol. The molecular weight excluding hydrogens is 226 g/mol. The molecule has 1 nitrogen and oxygen atoms in total. The summed E-state index contributed by atoms with van der Waals surface area (Å²) in [5.74, 6) is 0. The van der Waals surface area contributed by atoms with Crippen molar-refractivity contribution in [2.75, 3.05) is 6.54 Å². The van der Waals surface area contributed by atoms with Crippen molar-refractivity contribution >= 4 is 21.5 Å². The zero-order valence-electron chi connectivity index (χ0n) is 7.39. The molecule has 1 aliphatic rings. The molecular formula is C11H12BrN. The van der Waals surface area contributed by atoms with Crippen LogP contribution in [0.1, 0.15) is 17.5 Å². The number of nitrogens with two attached hydrogens (primary N) is 1. The first-order valence-corrected chi connectivity index (χ1v) is 5.29. The van der Waals surface area contributed by atoms with E-state index in [-0.39, 0.29) is 0 Å². The van der Waals surface area contributed by atoms with Gasteiger partial charge in [0.05, 0.1) is 0 Å². The van der Waals surface area contributed by atoms with E-state index in [1.54, 1.807) is 0 Å². The van der Waals surface area contributed by atoms with E-state index in [1.807, 2.05) is 0 Å². The van der Waals surface area contributed by atoms with Crippen LogP contribution in [0.15, 0.2) is 28.7 Å². The van der Waals surface area contributed by atoms with Gasteiger partial charge in [0.1, 0.15) is 0 Å². The SMILES string of the molecule is NC/C=C1/CCc2c(Br)cccc21. The Morgan fingerprint density at radius 3 is 3.00 bits per heavy atom. The number of halogens is 1. The highest BCUT2D eigenvalue weighted by Crippen LogP contribution is 2.35. The number of fused-ring (bicyclic) bond motifs is 1. The molecule has 0 saturated carbocycles. The molecule has 0 fully saturated rings. The van der Waals surface area contributed by atoms with E-state index < -0.39 is 0 Å². The predicted octanol–water partition coefficient (Wildman–Crippen LogP) is 2.74. The quantitative estimate of drug-likeness (QED) is 0.799. The summed E-state index contributed by atoms with van der Waals surface area (Å²) in [4.78, 5) is 0. The Bertz CT molecular complexity index is 355. The lowest BCUT2D eigenvalue weighted by molar-refractivity contribution is 1.07. The second kappa shape index (κ2) is 3.64. The van der Waals surface area contributed by atoms with Crippen LogP contribution < -0.4 is 5.73 Å². The molecule has 0 heterocycles. The third-order valence-corrected chi connectivity index (χ3v) is 3.22. The fourth-order valence-corrected chi connectivity index (χ4v) is 2.43. The van der Waals surface area contributed by atoms with Crippen molar-refractivity contribution in [1.82, 2.24) is 0 Å². The van der Waals surface area contributed by atoms with Crippen molar-refractivity contribution in [2.24, 2.45) is 5.73 Å². The van der Waals surface area contributed by atoms with Crippen LogP contribution in [-0.2, 0) is 6.42 Å². The summed E-state index contributed by atoms with van der Waals surface area (Å²) in [6.45, 7) is 0.640. The first-order valence-electron chi connectivity index (χ1n) is 4.50. The molecule has 0 bridgehead atoms. The van der Waals surface area contributed by atoms with Crippen molar-refractivity contribution in [1.29, 1.82) is 0 Å². The van der Waals surface area contributed by atoms with Crippen molar-refractivity contribution in [3.63, 3.8) is 0 Å². The molecule has 0 saturated heterocycles. The maximum Gasteiger partial charge on any atom is 0.0213 e. The van der Waals surface area contributed by atoms with Crippen LogP contribution in [0.4, 0.5) is 0 Å². The van der Waals surface area contributed by atoms with E-state index in [4.69, 9.17) is 5.73 Å². The fourth-order valence-electron chi connectivity index (χ4n) is 1.86. The third-order valence-electron chi connectivity index (χ3n) is 2.47. The first-order chi connectivity index (χ1) is 6.33. The van der Waals surface area contributed by atoms with Gasteiger partial charge in [-0.2, -0.15) is 0 Å². The van der Waals surface area contributed by atoms with Crippen molar-refractivity contribution < 1.29 is 0 Å². The zero-order chi connectivity index (χ0) is 9.26. The summed E-state index contributed by atoms with van der Waals surface area (Å²) >= 11 is 3.57. The number of rotatable bonds is 1. The standard InChI is InChI=1S/C11H12BrN/c12-11-3-1-2-9-8(6-7-13)4-5-10(9)11/h1-3,6H,4-5,7,13H2/b8-6-. The highest BCUT2D eigenvalue weighted by atomic mass is 79.9. The molecule has 0 spiro atoms. The Balaban J connectivity index is 2.49. The summed E-state index contributed by atoms with van der Waals surface area (Å²) < 4.78 is 1.23. The maximum atomic E-state index is 5.52. The van der Waals surface area contributed by atoms with Crippen LogP contribution in [-0.4, -0.2) is 6.54 Å². The minimum absolute atomic E-state index is 0.640. The summed E-state index contributed by atoms with van der Waals surface area (Å²) in [7, 11) is 0. The van der Waals surface area contributed by atoms with Gasteiger partial charge in [0, 0.05) is 11.0 Å². The first kappa shape index (κ1) is 8.97.